The van der Waals surface area contributed by atoms with Crippen LogP contribution < -0.4 is 10.2 Å². The Morgan fingerprint density at radius 2 is 2.11 bits per heavy atom. The second-order valence-electron chi connectivity index (χ2n) is 5.94. The molecule has 0 atom stereocenters. The number of amides is 1. The number of thiazole rings is 1. The molecule has 0 unspecified atom stereocenters. The quantitative estimate of drug-likeness (QED) is 0.425. The van der Waals surface area contributed by atoms with Crippen molar-refractivity contribution in [3.05, 3.63) is 73.6 Å². The number of phenolic OH excluding ortho intramolecular Hbond substituents is 1. The summed E-state index contributed by atoms with van der Waals surface area (Å²) in [6, 6.07) is 13.3. The maximum absolute atomic E-state index is 12.4. The molecule has 0 fully saturated rings. The Balaban J connectivity index is 1.68. The summed E-state index contributed by atoms with van der Waals surface area (Å²) >= 11 is 4.61. The first-order valence-electron chi connectivity index (χ1n) is 8.38. The fraction of sp³-hybridized carbons (Fsp3) is 0.150. The maximum atomic E-state index is 12.4. The topological polar surface area (TPSA) is 83.8 Å². The number of carbonyl (C=O) groups excluding carboxylic acids is 1. The lowest BCUT2D eigenvalue weighted by Gasteiger charge is -2.06. The largest absolute Gasteiger partial charge is 0.503 e. The van der Waals surface area contributed by atoms with E-state index in [1.807, 2.05) is 37.3 Å². The summed E-state index contributed by atoms with van der Waals surface area (Å²) in [5.41, 5.74) is 5.00. The monoisotopic (exact) mass is 459 g/mol. The molecule has 1 aromatic heterocycles. The van der Waals surface area contributed by atoms with Gasteiger partial charge in [-0.3, -0.25) is 4.79 Å². The molecule has 0 aliphatic carbocycles. The smallest absolute Gasteiger partial charge is 0.283 e. The number of hydrogen-bond donors (Lipinski definition) is 2. The van der Waals surface area contributed by atoms with E-state index in [0.29, 0.717) is 32.8 Å². The first-order chi connectivity index (χ1) is 13.5. The number of ether oxygens (including phenoxy) is 1. The molecule has 0 saturated carbocycles. The highest BCUT2D eigenvalue weighted by Crippen LogP contribution is 2.34. The van der Waals surface area contributed by atoms with Crippen LogP contribution in [0.5, 0.6) is 11.5 Å². The predicted octanol–water partition coefficient (Wildman–Crippen LogP) is 4.28. The van der Waals surface area contributed by atoms with E-state index < -0.39 is 0 Å². The SMILES string of the molecule is COc1cc(/C=N/NC(=O)c2sc(Cc3ccccc3)nc2C)cc(Br)c1O. The second kappa shape index (κ2) is 8.99. The number of rotatable bonds is 6. The van der Waals surface area contributed by atoms with Crippen molar-refractivity contribution in [2.75, 3.05) is 7.11 Å². The van der Waals surface area contributed by atoms with Crippen molar-refractivity contribution in [1.29, 1.82) is 0 Å². The molecule has 2 aromatic carbocycles. The van der Waals surface area contributed by atoms with Crippen LogP contribution in [0, 0.1) is 6.92 Å². The van der Waals surface area contributed by atoms with Crippen molar-refractivity contribution in [1.82, 2.24) is 10.4 Å². The molecule has 28 heavy (non-hydrogen) atoms. The number of benzene rings is 2. The summed E-state index contributed by atoms with van der Waals surface area (Å²) in [6.45, 7) is 1.81. The van der Waals surface area contributed by atoms with Crippen LogP contribution in [-0.4, -0.2) is 29.3 Å². The number of aromatic nitrogens is 1. The van der Waals surface area contributed by atoms with Gasteiger partial charge in [0.2, 0.25) is 0 Å². The molecule has 6 nitrogen and oxygen atoms in total. The molecule has 2 N–H and O–H groups in total. The molecule has 0 aliphatic rings. The zero-order chi connectivity index (χ0) is 20.1. The van der Waals surface area contributed by atoms with Crippen molar-refractivity contribution in [2.24, 2.45) is 5.10 Å². The maximum Gasteiger partial charge on any atom is 0.283 e. The first kappa shape index (κ1) is 20.0. The van der Waals surface area contributed by atoms with Gasteiger partial charge in [0.25, 0.3) is 5.91 Å². The molecular weight excluding hydrogens is 442 g/mol. The Kier molecular flexibility index (Phi) is 6.43. The van der Waals surface area contributed by atoms with Crippen LogP contribution >= 0.6 is 27.3 Å². The van der Waals surface area contributed by atoms with Gasteiger partial charge in [-0.1, -0.05) is 30.3 Å². The lowest BCUT2D eigenvalue weighted by molar-refractivity contribution is 0.0958. The number of hydrazone groups is 1. The van der Waals surface area contributed by atoms with Gasteiger partial charge in [0.05, 0.1) is 28.5 Å². The average molecular weight is 460 g/mol. The van der Waals surface area contributed by atoms with E-state index in [1.54, 1.807) is 12.1 Å². The van der Waals surface area contributed by atoms with Crippen molar-refractivity contribution < 1.29 is 14.6 Å². The van der Waals surface area contributed by atoms with E-state index in [-0.39, 0.29) is 11.7 Å². The van der Waals surface area contributed by atoms with Gasteiger partial charge in [0.1, 0.15) is 4.88 Å². The molecular formula is C20H18BrN3O3S. The highest BCUT2D eigenvalue weighted by Gasteiger charge is 2.15. The average Bonchev–Trinajstić information content (AvgIpc) is 3.05. The number of aryl methyl sites for hydroxylation is 1. The van der Waals surface area contributed by atoms with Gasteiger partial charge in [-0.15, -0.1) is 11.3 Å². The number of phenols is 1. The summed E-state index contributed by atoms with van der Waals surface area (Å²) in [5, 5.41) is 14.7. The minimum atomic E-state index is -0.310. The minimum Gasteiger partial charge on any atom is -0.503 e. The zero-order valence-electron chi connectivity index (χ0n) is 15.3. The Hall–Kier alpha value is -2.71. The Bertz CT molecular complexity index is 1020. The molecule has 1 amide bonds. The normalized spacial score (nSPS) is 11.0. The molecule has 0 bridgehead atoms. The van der Waals surface area contributed by atoms with E-state index in [0.717, 1.165) is 10.6 Å². The molecule has 144 valence electrons. The Labute approximate surface area is 175 Å². The third kappa shape index (κ3) is 4.76. The molecule has 1 heterocycles. The second-order valence-corrected chi connectivity index (χ2v) is 7.88. The summed E-state index contributed by atoms with van der Waals surface area (Å²) in [6.07, 6.45) is 2.16. The van der Waals surface area contributed by atoms with Crippen LogP contribution in [0.15, 0.2) is 52.0 Å². The number of nitrogens with one attached hydrogen (secondary N) is 1. The van der Waals surface area contributed by atoms with E-state index in [1.165, 1.54) is 24.7 Å². The summed E-state index contributed by atoms with van der Waals surface area (Å²) in [4.78, 5) is 17.5. The molecule has 0 spiro atoms. The number of nitrogens with zero attached hydrogens (tertiary/aromatic N) is 2. The van der Waals surface area contributed by atoms with E-state index in [9.17, 15) is 9.90 Å². The molecule has 3 rings (SSSR count). The third-order valence-corrected chi connectivity index (χ3v) is 5.66. The van der Waals surface area contributed by atoms with Gasteiger partial charge < -0.3 is 9.84 Å². The molecule has 3 aromatic rings. The van der Waals surface area contributed by atoms with Crippen molar-refractivity contribution in [3.63, 3.8) is 0 Å². The van der Waals surface area contributed by atoms with Gasteiger partial charge in [-0.05, 0) is 46.1 Å². The fourth-order valence-corrected chi connectivity index (χ4v) is 4.00. The number of carbonyl (C=O) groups is 1. The van der Waals surface area contributed by atoms with Crippen molar-refractivity contribution in [3.8, 4) is 11.5 Å². The Morgan fingerprint density at radius 1 is 1.36 bits per heavy atom. The lowest BCUT2D eigenvalue weighted by atomic mass is 10.2. The van der Waals surface area contributed by atoms with Crippen LogP contribution in [-0.2, 0) is 6.42 Å². The minimum absolute atomic E-state index is 0.00918. The number of halogens is 1. The highest BCUT2D eigenvalue weighted by atomic mass is 79.9. The molecule has 8 heteroatoms. The number of hydrogen-bond acceptors (Lipinski definition) is 6. The van der Waals surface area contributed by atoms with Crippen molar-refractivity contribution in [2.45, 2.75) is 13.3 Å². The van der Waals surface area contributed by atoms with Gasteiger partial charge in [0, 0.05) is 6.42 Å². The summed E-state index contributed by atoms with van der Waals surface area (Å²) in [5.74, 6) is 0.0105. The van der Waals surface area contributed by atoms with E-state index in [4.69, 9.17) is 4.74 Å². The Morgan fingerprint density at radius 3 is 2.82 bits per heavy atom. The lowest BCUT2D eigenvalue weighted by Crippen LogP contribution is -2.17. The molecule has 0 aliphatic heterocycles. The van der Waals surface area contributed by atoms with Gasteiger partial charge in [-0.25, -0.2) is 10.4 Å². The van der Waals surface area contributed by atoms with Crippen LogP contribution in [0.4, 0.5) is 0 Å². The summed E-state index contributed by atoms with van der Waals surface area (Å²) in [7, 11) is 1.46. The van der Waals surface area contributed by atoms with Crippen LogP contribution in [0.25, 0.3) is 0 Å². The van der Waals surface area contributed by atoms with E-state index in [2.05, 4.69) is 31.4 Å². The van der Waals surface area contributed by atoms with Crippen molar-refractivity contribution >= 4 is 39.4 Å². The zero-order valence-corrected chi connectivity index (χ0v) is 17.7. The standard InChI is InChI=1S/C20H18BrN3O3S/c1-12-19(28-17(23-12)10-13-6-4-3-5-7-13)20(26)24-22-11-14-8-15(21)18(25)16(9-14)27-2/h3-9,11,25H,10H2,1-2H3,(H,24,26)/b22-11+. The fourth-order valence-electron chi connectivity index (χ4n) is 2.55. The first-order valence-corrected chi connectivity index (χ1v) is 9.99. The summed E-state index contributed by atoms with van der Waals surface area (Å²) < 4.78 is 5.57. The molecule has 0 saturated heterocycles. The van der Waals surface area contributed by atoms with Crippen LogP contribution in [0.1, 0.15) is 31.5 Å². The van der Waals surface area contributed by atoms with Crippen LogP contribution in [0.2, 0.25) is 0 Å². The third-order valence-electron chi connectivity index (χ3n) is 3.90. The van der Waals surface area contributed by atoms with E-state index >= 15 is 0 Å². The van der Waals surface area contributed by atoms with Gasteiger partial charge >= 0.3 is 0 Å². The molecule has 0 radical (unpaired) electrons. The number of methoxy groups -OCH3 is 1. The predicted molar refractivity (Wildman–Crippen MR) is 114 cm³/mol. The highest BCUT2D eigenvalue weighted by molar-refractivity contribution is 9.10. The number of aromatic hydroxyl groups is 1. The van der Waals surface area contributed by atoms with Crippen LogP contribution in [0.3, 0.4) is 0 Å². The van der Waals surface area contributed by atoms with Gasteiger partial charge in [-0.2, -0.15) is 5.10 Å². The van der Waals surface area contributed by atoms with Gasteiger partial charge in [0.15, 0.2) is 11.5 Å².